The van der Waals surface area contributed by atoms with E-state index in [0.29, 0.717) is 27.8 Å². The van der Waals surface area contributed by atoms with Crippen molar-refractivity contribution in [3.8, 4) is 5.75 Å². The Hall–Kier alpha value is -3.02. The number of ether oxygens (including phenoxy) is 1. The summed E-state index contributed by atoms with van der Waals surface area (Å²) >= 11 is 12.6. The molecule has 1 aliphatic carbocycles. The van der Waals surface area contributed by atoms with Crippen LogP contribution in [-0.4, -0.2) is 35.4 Å². The molecule has 1 atom stereocenters. The van der Waals surface area contributed by atoms with Gasteiger partial charge in [0, 0.05) is 29.1 Å². The maximum Gasteiger partial charge on any atom is 0.261 e. The zero-order valence-corrected chi connectivity index (χ0v) is 23.2. The Labute approximate surface area is 235 Å². The molecule has 5 nitrogen and oxygen atoms in total. The number of amides is 2. The number of aryl methyl sites for hydroxylation is 1. The molecule has 2 amide bonds. The topological polar surface area (TPSA) is 58.6 Å². The number of benzene rings is 3. The van der Waals surface area contributed by atoms with Gasteiger partial charge in [-0.2, -0.15) is 0 Å². The highest BCUT2D eigenvalue weighted by Crippen LogP contribution is 2.25. The Kier molecular flexibility index (Phi) is 10.1. The van der Waals surface area contributed by atoms with E-state index in [9.17, 15) is 9.59 Å². The predicted octanol–water partition coefficient (Wildman–Crippen LogP) is 6.77. The van der Waals surface area contributed by atoms with Gasteiger partial charge in [-0.05, 0) is 60.7 Å². The van der Waals surface area contributed by atoms with Gasteiger partial charge in [-0.25, -0.2) is 0 Å². The highest BCUT2D eigenvalue weighted by atomic mass is 35.5. The Morgan fingerprint density at radius 2 is 1.74 bits per heavy atom. The highest BCUT2D eigenvalue weighted by molar-refractivity contribution is 6.35. The lowest BCUT2D eigenvalue weighted by Gasteiger charge is -2.33. The molecule has 0 aliphatic heterocycles. The van der Waals surface area contributed by atoms with Crippen molar-refractivity contribution in [3.05, 3.63) is 99.5 Å². The van der Waals surface area contributed by atoms with Crippen molar-refractivity contribution in [2.75, 3.05) is 6.61 Å². The summed E-state index contributed by atoms with van der Waals surface area (Å²) < 4.78 is 5.87. The predicted molar refractivity (Wildman–Crippen MR) is 153 cm³/mol. The number of rotatable bonds is 10. The van der Waals surface area contributed by atoms with Crippen molar-refractivity contribution in [1.82, 2.24) is 10.2 Å². The van der Waals surface area contributed by atoms with Gasteiger partial charge in [-0.15, -0.1) is 0 Å². The number of hydrogen-bond donors (Lipinski definition) is 1. The fraction of sp³-hybridized carbons (Fsp3) is 0.355. The zero-order chi connectivity index (χ0) is 26.9. The van der Waals surface area contributed by atoms with E-state index in [1.54, 1.807) is 23.1 Å². The summed E-state index contributed by atoms with van der Waals surface area (Å²) in [5.74, 6) is 0.154. The summed E-state index contributed by atoms with van der Waals surface area (Å²) in [6, 6.07) is 21.9. The normalized spacial score (nSPS) is 14.5. The molecule has 1 saturated carbocycles. The van der Waals surface area contributed by atoms with Gasteiger partial charge in [0.05, 0.1) is 0 Å². The molecular formula is C31H34Cl2N2O3. The van der Waals surface area contributed by atoms with Gasteiger partial charge in [0.25, 0.3) is 5.91 Å². The van der Waals surface area contributed by atoms with Crippen LogP contribution < -0.4 is 10.1 Å². The molecule has 0 radical (unpaired) electrons. The van der Waals surface area contributed by atoms with E-state index in [4.69, 9.17) is 27.9 Å². The largest absolute Gasteiger partial charge is 0.484 e. The van der Waals surface area contributed by atoms with E-state index in [-0.39, 0.29) is 31.0 Å². The first kappa shape index (κ1) is 28.0. The number of nitrogens with one attached hydrogen (secondary N) is 1. The molecule has 7 heteroatoms. The van der Waals surface area contributed by atoms with Crippen LogP contribution in [0.2, 0.25) is 10.0 Å². The fourth-order valence-corrected chi connectivity index (χ4v) is 5.33. The summed E-state index contributed by atoms with van der Waals surface area (Å²) in [6.45, 7) is 1.92. The first-order chi connectivity index (χ1) is 18.4. The van der Waals surface area contributed by atoms with Crippen LogP contribution in [0.3, 0.4) is 0 Å². The second-order valence-corrected chi connectivity index (χ2v) is 10.8. The summed E-state index contributed by atoms with van der Waals surface area (Å²) in [7, 11) is 0. The molecule has 38 heavy (non-hydrogen) atoms. The van der Waals surface area contributed by atoms with Crippen molar-refractivity contribution < 1.29 is 14.3 Å². The van der Waals surface area contributed by atoms with Gasteiger partial charge in [-0.1, -0.05) is 91.0 Å². The number of carbonyl (C=O) groups is 2. The molecule has 1 fully saturated rings. The van der Waals surface area contributed by atoms with E-state index < -0.39 is 6.04 Å². The van der Waals surface area contributed by atoms with Crippen molar-refractivity contribution in [2.24, 2.45) is 0 Å². The molecular weight excluding hydrogens is 519 g/mol. The van der Waals surface area contributed by atoms with E-state index >= 15 is 0 Å². The maximum atomic E-state index is 13.8. The van der Waals surface area contributed by atoms with Gasteiger partial charge >= 0.3 is 0 Å². The first-order valence-corrected chi connectivity index (χ1v) is 13.9. The molecule has 0 spiro atoms. The number of nitrogens with zero attached hydrogens (tertiary/aromatic N) is 1. The van der Waals surface area contributed by atoms with E-state index in [0.717, 1.165) is 36.8 Å². The van der Waals surface area contributed by atoms with Gasteiger partial charge in [0.2, 0.25) is 5.91 Å². The van der Waals surface area contributed by atoms with Gasteiger partial charge in [-0.3, -0.25) is 9.59 Å². The fourth-order valence-electron chi connectivity index (χ4n) is 4.86. The number of carbonyl (C=O) groups excluding carboxylic acids is 2. The Balaban J connectivity index is 1.63. The zero-order valence-electron chi connectivity index (χ0n) is 21.7. The number of hydrogen-bond acceptors (Lipinski definition) is 3. The van der Waals surface area contributed by atoms with Crippen LogP contribution in [0, 0.1) is 6.92 Å². The summed E-state index contributed by atoms with van der Waals surface area (Å²) in [5.41, 5.74) is 2.72. The van der Waals surface area contributed by atoms with Crippen LogP contribution in [0.1, 0.15) is 48.8 Å². The van der Waals surface area contributed by atoms with Crippen molar-refractivity contribution in [1.29, 1.82) is 0 Å². The van der Waals surface area contributed by atoms with E-state index in [1.807, 2.05) is 61.5 Å². The average molecular weight is 554 g/mol. The Morgan fingerprint density at radius 1 is 0.974 bits per heavy atom. The van der Waals surface area contributed by atoms with Gasteiger partial charge in [0.15, 0.2) is 6.61 Å². The van der Waals surface area contributed by atoms with Crippen molar-refractivity contribution in [3.63, 3.8) is 0 Å². The van der Waals surface area contributed by atoms with E-state index in [1.165, 1.54) is 6.42 Å². The van der Waals surface area contributed by atoms with Gasteiger partial charge < -0.3 is 15.0 Å². The van der Waals surface area contributed by atoms with Gasteiger partial charge in [0.1, 0.15) is 11.8 Å². The monoisotopic (exact) mass is 552 g/mol. The van der Waals surface area contributed by atoms with Crippen LogP contribution in [-0.2, 0) is 22.6 Å². The molecule has 3 aromatic rings. The third kappa shape index (κ3) is 7.99. The summed E-state index contributed by atoms with van der Waals surface area (Å²) in [5, 5.41) is 4.19. The molecule has 1 unspecified atom stereocenters. The minimum atomic E-state index is -0.736. The van der Waals surface area contributed by atoms with Crippen LogP contribution >= 0.6 is 23.2 Å². The lowest BCUT2D eigenvalue weighted by molar-refractivity contribution is -0.143. The molecule has 1 aliphatic rings. The van der Waals surface area contributed by atoms with Crippen LogP contribution in [0.15, 0.2) is 72.8 Å². The molecule has 1 N–H and O–H groups in total. The van der Waals surface area contributed by atoms with E-state index in [2.05, 4.69) is 5.32 Å². The molecule has 0 bridgehead atoms. The first-order valence-electron chi connectivity index (χ1n) is 13.2. The van der Waals surface area contributed by atoms with Crippen LogP contribution in [0.4, 0.5) is 0 Å². The molecule has 3 aromatic carbocycles. The summed E-state index contributed by atoms with van der Waals surface area (Å²) in [6.07, 6.45) is 5.67. The SMILES string of the molecule is Cc1cccc(OCC(=O)N(Cc2ccc(Cl)cc2Cl)C(Cc2ccccc2)C(=O)NC2CCCCC2)c1. The highest BCUT2D eigenvalue weighted by Gasteiger charge is 2.32. The minimum Gasteiger partial charge on any atom is -0.484 e. The lowest BCUT2D eigenvalue weighted by atomic mass is 9.94. The van der Waals surface area contributed by atoms with Crippen molar-refractivity contribution >= 4 is 35.0 Å². The van der Waals surface area contributed by atoms with Crippen LogP contribution in [0.5, 0.6) is 5.75 Å². The number of halogens is 2. The second kappa shape index (κ2) is 13.7. The molecule has 0 heterocycles. The second-order valence-electron chi connectivity index (χ2n) is 9.91. The smallest absolute Gasteiger partial charge is 0.261 e. The Morgan fingerprint density at radius 3 is 2.45 bits per heavy atom. The average Bonchev–Trinajstić information content (AvgIpc) is 2.91. The molecule has 200 valence electrons. The molecule has 4 rings (SSSR count). The standard InChI is InChI=1S/C31H34Cl2N2O3/c1-22-9-8-14-27(17-22)38-21-30(36)35(20-24-15-16-25(32)19-28(24)33)29(18-23-10-4-2-5-11-23)31(37)34-26-12-6-3-7-13-26/h2,4-5,8-11,14-17,19,26,29H,3,6-7,12-13,18,20-21H2,1H3,(H,34,37). The van der Waals surface area contributed by atoms with Crippen molar-refractivity contribution in [2.45, 2.75) is 64.1 Å². The third-order valence-electron chi connectivity index (χ3n) is 6.93. The minimum absolute atomic E-state index is 0.120. The quantitative estimate of drug-likeness (QED) is 0.302. The molecule has 0 aromatic heterocycles. The maximum absolute atomic E-state index is 13.8. The third-order valence-corrected chi connectivity index (χ3v) is 7.52. The molecule has 0 saturated heterocycles. The summed E-state index contributed by atoms with van der Waals surface area (Å²) in [4.78, 5) is 29.2. The Bertz CT molecular complexity index is 1230. The van der Waals surface area contributed by atoms with Crippen LogP contribution in [0.25, 0.3) is 0 Å². The lowest BCUT2D eigenvalue weighted by Crippen LogP contribution is -2.53.